The maximum Gasteiger partial charge on any atom is 0.0658 e. The average Bonchev–Trinajstić information content (AvgIpc) is 2.78. The second-order valence-electron chi connectivity index (χ2n) is 4.15. The van der Waals surface area contributed by atoms with Crippen molar-refractivity contribution in [2.24, 2.45) is 5.73 Å². The molecule has 4 heteroatoms. The second-order valence-corrected chi connectivity index (χ2v) is 5.18. The summed E-state index contributed by atoms with van der Waals surface area (Å²) in [5.74, 6) is 0. The molecule has 92 valence electrons. The Hall–Kier alpha value is -0.420. The van der Waals surface area contributed by atoms with Crippen LogP contribution in [0.1, 0.15) is 18.2 Å². The fraction of sp³-hybridized carbons (Fsp3) is 0.667. The fourth-order valence-corrected chi connectivity index (χ4v) is 2.67. The first-order valence-electron chi connectivity index (χ1n) is 5.61. The Bertz CT molecular complexity index is 283. The Kier molecular flexibility index (Phi) is 5.41. The van der Waals surface area contributed by atoms with Gasteiger partial charge in [-0.05, 0) is 24.9 Å². The molecule has 0 aliphatic carbocycles. The van der Waals surface area contributed by atoms with E-state index in [1.165, 1.54) is 4.88 Å². The van der Waals surface area contributed by atoms with Crippen molar-refractivity contribution in [3.8, 4) is 0 Å². The number of hydrogen-bond donors (Lipinski definition) is 1. The van der Waals surface area contributed by atoms with Gasteiger partial charge in [0, 0.05) is 25.1 Å². The highest BCUT2D eigenvalue weighted by Gasteiger charge is 2.31. The Morgan fingerprint density at radius 2 is 2.31 bits per heavy atom. The third-order valence-electron chi connectivity index (χ3n) is 3.23. The number of rotatable bonds is 7. The van der Waals surface area contributed by atoms with Gasteiger partial charge >= 0.3 is 0 Å². The smallest absolute Gasteiger partial charge is 0.0658 e. The van der Waals surface area contributed by atoms with E-state index in [0.717, 1.165) is 13.0 Å². The van der Waals surface area contributed by atoms with Gasteiger partial charge in [-0.25, -0.2) is 0 Å². The number of ether oxygens (including phenoxy) is 1. The fourth-order valence-electron chi connectivity index (χ4n) is 1.91. The van der Waals surface area contributed by atoms with Crippen LogP contribution in [0.25, 0.3) is 0 Å². The predicted octanol–water partition coefficient (Wildman–Crippen LogP) is 1.93. The van der Waals surface area contributed by atoms with Gasteiger partial charge < -0.3 is 10.5 Å². The summed E-state index contributed by atoms with van der Waals surface area (Å²) < 4.78 is 5.31. The van der Waals surface area contributed by atoms with E-state index in [2.05, 4.69) is 36.4 Å². The minimum atomic E-state index is -0.0429. The van der Waals surface area contributed by atoms with E-state index >= 15 is 0 Å². The van der Waals surface area contributed by atoms with Crippen LogP contribution in [0.15, 0.2) is 17.5 Å². The number of thiophene rings is 1. The van der Waals surface area contributed by atoms with Crippen LogP contribution in [-0.2, 0) is 11.3 Å². The molecule has 0 spiro atoms. The van der Waals surface area contributed by atoms with E-state index in [4.69, 9.17) is 10.5 Å². The molecule has 2 N–H and O–H groups in total. The van der Waals surface area contributed by atoms with E-state index < -0.39 is 0 Å². The summed E-state index contributed by atoms with van der Waals surface area (Å²) in [6.07, 6.45) is 0.999. The summed E-state index contributed by atoms with van der Waals surface area (Å²) in [7, 11) is 3.86. The van der Waals surface area contributed by atoms with Crippen LogP contribution in [0.3, 0.4) is 0 Å². The summed E-state index contributed by atoms with van der Waals surface area (Å²) in [5, 5.41) is 2.11. The van der Waals surface area contributed by atoms with Gasteiger partial charge in [0.2, 0.25) is 0 Å². The third-order valence-corrected chi connectivity index (χ3v) is 4.10. The molecular weight excluding hydrogens is 220 g/mol. The number of methoxy groups -OCH3 is 1. The van der Waals surface area contributed by atoms with Crippen LogP contribution >= 0.6 is 11.3 Å². The van der Waals surface area contributed by atoms with Crippen LogP contribution in [0, 0.1) is 0 Å². The van der Waals surface area contributed by atoms with Crippen LogP contribution in [-0.4, -0.2) is 37.7 Å². The molecular formula is C12H22N2OS. The summed E-state index contributed by atoms with van der Waals surface area (Å²) in [4.78, 5) is 3.67. The molecule has 1 unspecified atom stereocenters. The molecule has 0 aliphatic rings. The first-order chi connectivity index (χ1) is 7.68. The molecule has 1 heterocycles. The van der Waals surface area contributed by atoms with Gasteiger partial charge in [0.25, 0.3) is 0 Å². The average molecular weight is 242 g/mol. The Morgan fingerprint density at radius 3 is 2.75 bits per heavy atom. The molecule has 0 bridgehead atoms. The first-order valence-corrected chi connectivity index (χ1v) is 6.49. The van der Waals surface area contributed by atoms with Crippen molar-refractivity contribution in [3.63, 3.8) is 0 Å². The maximum atomic E-state index is 5.92. The first kappa shape index (κ1) is 13.6. The number of nitrogens with zero attached hydrogens (tertiary/aromatic N) is 1. The number of hydrogen-bond acceptors (Lipinski definition) is 4. The zero-order valence-electron chi connectivity index (χ0n) is 10.4. The Labute approximate surface area is 102 Å². The quantitative estimate of drug-likeness (QED) is 0.794. The van der Waals surface area contributed by atoms with Gasteiger partial charge in [0.05, 0.1) is 12.1 Å². The zero-order valence-corrected chi connectivity index (χ0v) is 11.2. The highest BCUT2D eigenvalue weighted by molar-refractivity contribution is 7.09. The normalized spacial score (nSPS) is 15.3. The maximum absolute atomic E-state index is 5.92. The van der Waals surface area contributed by atoms with Gasteiger partial charge in [0.15, 0.2) is 0 Å². The molecule has 1 aromatic rings. The SMILES string of the molecule is CCC(CN)(COC)N(C)Cc1cccs1. The minimum absolute atomic E-state index is 0.0429. The predicted molar refractivity (Wildman–Crippen MR) is 69.7 cm³/mol. The topological polar surface area (TPSA) is 38.5 Å². The lowest BCUT2D eigenvalue weighted by Crippen LogP contribution is -2.54. The molecule has 1 rings (SSSR count). The summed E-state index contributed by atoms with van der Waals surface area (Å²) in [5.41, 5.74) is 5.87. The number of likely N-dealkylation sites (N-methyl/N-ethyl adjacent to an activating group) is 1. The van der Waals surface area contributed by atoms with Gasteiger partial charge in [-0.3, -0.25) is 4.90 Å². The van der Waals surface area contributed by atoms with Crippen LogP contribution in [0.5, 0.6) is 0 Å². The Balaban J connectivity index is 2.70. The molecule has 0 fully saturated rings. The minimum Gasteiger partial charge on any atom is -0.383 e. The second kappa shape index (κ2) is 6.35. The van der Waals surface area contributed by atoms with Crippen molar-refractivity contribution in [1.82, 2.24) is 4.90 Å². The molecule has 3 nitrogen and oxygen atoms in total. The van der Waals surface area contributed by atoms with E-state index in [1.807, 2.05) is 0 Å². The van der Waals surface area contributed by atoms with Crippen LogP contribution < -0.4 is 5.73 Å². The van der Waals surface area contributed by atoms with Gasteiger partial charge in [0.1, 0.15) is 0 Å². The van der Waals surface area contributed by atoms with Crippen molar-refractivity contribution in [1.29, 1.82) is 0 Å². The molecule has 1 atom stereocenters. The van der Waals surface area contributed by atoms with Crippen molar-refractivity contribution in [2.75, 3.05) is 27.3 Å². The lowest BCUT2D eigenvalue weighted by Gasteiger charge is -2.39. The molecule has 0 amide bonds. The summed E-state index contributed by atoms with van der Waals surface area (Å²) >= 11 is 1.78. The van der Waals surface area contributed by atoms with Gasteiger partial charge in [-0.2, -0.15) is 0 Å². The molecule has 0 saturated heterocycles. The molecule has 0 aliphatic heterocycles. The van der Waals surface area contributed by atoms with Crippen LogP contribution in [0.4, 0.5) is 0 Å². The molecule has 0 aromatic carbocycles. The highest BCUT2D eigenvalue weighted by Crippen LogP contribution is 2.21. The molecule has 0 radical (unpaired) electrons. The van der Waals surface area contributed by atoms with Crippen molar-refractivity contribution >= 4 is 11.3 Å². The van der Waals surface area contributed by atoms with Gasteiger partial charge in [-0.15, -0.1) is 11.3 Å². The third kappa shape index (κ3) is 3.04. The standard InChI is InChI=1S/C12H22N2OS/c1-4-12(9-13,10-15-3)14(2)8-11-6-5-7-16-11/h5-7H,4,8-10,13H2,1-3H3. The molecule has 16 heavy (non-hydrogen) atoms. The molecule has 0 saturated carbocycles. The van der Waals surface area contributed by atoms with Gasteiger partial charge in [-0.1, -0.05) is 13.0 Å². The monoisotopic (exact) mass is 242 g/mol. The lowest BCUT2D eigenvalue weighted by molar-refractivity contribution is 0.0239. The largest absolute Gasteiger partial charge is 0.383 e. The van der Waals surface area contributed by atoms with E-state index in [9.17, 15) is 0 Å². The Morgan fingerprint density at radius 1 is 1.56 bits per heavy atom. The van der Waals surface area contributed by atoms with Crippen LogP contribution in [0.2, 0.25) is 0 Å². The summed E-state index contributed by atoms with van der Waals surface area (Å²) in [6, 6.07) is 4.24. The van der Waals surface area contributed by atoms with Crippen molar-refractivity contribution in [2.45, 2.75) is 25.4 Å². The van der Waals surface area contributed by atoms with E-state index in [0.29, 0.717) is 13.2 Å². The summed E-state index contributed by atoms with van der Waals surface area (Å²) in [6.45, 7) is 4.41. The molecule has 1 aromatic heterocycles. The van der Waals surface area contributed by atoms with Crippen molar-refractivity contribution in [3.05, 3.63) is 22.4 Å². The van der Waals surface area contributed by atoms with E-state index in [1.54, 1.807) is 18.4 Å². The highest BCUT2D eigenvalue weighted by atomic mass is 32.1. The van der Waals surface area contributed by atoms with Crippen molar-refractivity contribution < 1.29 is 4.74 Å². The zero-order chi connectivity index (χ0) is 12.0. The number of nitrogens with two attached hydrogens (primary N) is 1. The lowest BCUT2D eigenvalue weighted by atomic mass is 9.95. The van der Waals surface area contributed by atoms with E-state index in [-0.39, 0.29) is 5.54 Å².